The Kier molecular flexibility index (Phi) is 3.31. The highest BCUT2D eigenvalue weighted by molar-refractivity contribution is 5.81. The Morgan fingerprint density at radius 3 is 2.69 bits per heavy atom. The van der Waals surface area contributed by atoms with Gasteiger partial charge in [0.05, 0.1) is 24.5 Å². The van der Waals surface area contributed by atoms with Crippen LogP contribution < -0.4 is 16.4 Å². The van der Waals surface area contributed by atoms with Gasteiger partial charge in [0.15, 0.2) is 12.0 Å². The Morgan fingerprint density at radius 2 is 2.00 bits per heavy atom. The quantitative estimate of drug-likeness (QED) is 0.490. The third-order valence-corrected chi connectivity index (χ3v) is 8.30. The maximum absolute atomic E-state index is 13.4. The number of hydrogen-bond acceptors (Lipinski definition) is 8. The number of methoxy groups -OCH3 is 2. The van der Waals surface area contributed by atoms with E-state index >= 15 is 0 Å². The minimum absolute atomic E-state index is 0.0609. The van der Waals surface area contributed by atoms with Gasteiger partial charge in [-0.15, -0.1) is 0 Å². The number of nitrogens with one attached hydrogen (secondary N) is 2. The molecule has 5 aliphatic rings. The number of para-hydroxylation sites is 1. The fraction of sp³-hybridized carbons (Fsp3) is 0.667. The lowest BCUT2D eigenvalue weighted by molar-refractivity contribution is -0.216. The lowest BCUT2D eigenvalue weighted by Crippen LogP contribution is -2.85. The van der Waals surface area contributed by atoms with Crippen LogP contribution in [0.15, 0.2) is 24.3 Å². The van der Waals surface area contributed by atoms with Crippen LogP contribution in [-0.4, -0.2) is 56.1 Å². The van der Waals surface area contributed by atoms with Crippen LogP contribution >= 0.6 is 0 Å². The molecular formula is C21H27N3O5. The fourth-order valence-corrected chi connectivity index (χ4v) is 7.01. The van der Waals surface area contributed by atoms with Crippen molar-refractivity contribution in [2.24, 2.45) is 17.6 Å². The lowest BCUT2D eigenvalue weighted by Gasteiger charge is -2.62. The van der Waals surface area contributed by atoms with E-state index in [-0.39, 0.29) is 18.0 Å². The average Bonchev–Trinajstić information content (AvgIpc) is 3.10. The molecule has 8 atom stereocenters. The first-order chi connectivity index (χ1) is 13.9. The zero-order valence-electron chi connectivity index (χ0n) is 16.9. The van der Waals surface area contributed by atoms with Gasteiger partial charge in [0.2, 0.25) is 0 Å². The number of esters is 1. The molecule has 29 heavy (non-hydrogen) atoms. The molecule has 156 valence electrons. The summed E-state index contributed by atoms with van der Waals surface area (Å²) in [6.07, 6.45) is 0.620. The summed E-state index contributed by atoms with van der Waals surface area (Å²) in [6.45, 7) is 2.63. The van der Waals surface area contributed by atoms with Crippen LogP contribution in [0.1, 0.15) is 25.3 Å². The molecule has 0 amide bonds. The average molecular weight is 401 g/mol. The summed E-state index contributed by atoms with van der Waals surface area (Å²) < 4.78 is 23.7. The van der Waals surface area contributed by atoms with Crippen LogP contribution in [0.25, 0.3) is 0 Å². The van der Waals surface area contributed by atoms with Crippen molar-refractivity contribution in [3.05, 3.63) is 29.8 Å². The summed E-state index contributed by atoms with van der Waals surface area (Å²) >= 11 is 0. The van der Waals surface area contributed by atoms with E-state index in [2.05, 4.69) is 23.6 Å². The molecular weight excluding hydrogens is 374 g/mol. The van der Waals surface area contributed by atoms with E-state index in [1.54, 1.807) is 7.11 Å². The summed E-state index contributed by atoms with van der Waals surface area (Å²) in [4.78, 5) is 13.4. The second-order valence-corrected chi connectivity index (χ2v) is 9.16. The van der Waals surface area contributed by atoms with E-state index in [1.165, 1.54) is 7.11 Å². The van der Waals surface area contributed by atoms with Gasteiger partial charge in [0.25, 0.3) is 0 Å². The second-order valence-electron chi connectivity index (χ2n) is 9.16. The molecule has 0 radical (unpaired) electrons. The number of hydrogen-bond donors (Lipinski definition) is 3. The van der Waals surface area contributed by atoms with Gasteiger partial charge in [-0.1, -0.05) is 18.2 Å². The van der Waals surface area contributed by atoms with Gasteiger partial charge in [-0.25, -0.2) is 0 Å². The molecule has 1 aromatic carbocycles. The molecule has 0 aromatic heterocycles. The molecule has 1 aliphatic carbocycles. The van der Waals surface area contributed by atoms with Crippen LogP contribution in [0, 0.1) is 11.8 Å². The summed E-state index contributed by atoms with van der Waals surface area (Å²) in [5.74, 6) is -0.798. The summed E-state index contributed by atoms with van der Waals surface area (Å²) in [5, 5.41) is 7.15. The number of nitrogens with two attached hydrogens (primary N) is 1. The highest BCUT2D eigenvalue weighted by atomic mass is 16.7. The molecule has 4 aliphatic heterocycles. The molecule has 2 bridgehead atoms. The molecule has 6 rings (SSSR count). The minimum Gasteiger partial charge on any atom is -0.469 e. The molecule has 8 heteroatoms. The van der Waals surface area contributed by atoms with Crippen molar-refractivity contribution in [2.75, 3.05) is 26.1 Å². The van der Waals surface area contributed by atoms with Crippen molar-refractivity contribution in [2.45, 2.75) is 54.6 Å². The van der Waals surface area contributed by atoms with E-state index in [4.69, 9.17) is 24.7 Å². The summed E-state index contributed by atoms with van der Waals surface area (Å²) in [7, 11) is 3.08. The Labute approximate surface area is 169 Å². The second kappa shape index (κ2) is 5.31. The topological polar surface area (TPSA) is 107 Å². The van der Waals surface area contributed by atoms with Crippen LogP contribution in [0.4, 0.5) is 5.69 Å². The largest absolute Gasteiger partial charge is 0.469 e. The van der Waals surface area contributed by atoms with Gasteiger partial charge in [0.1, 0.15) is 11.3 Å². The van der Waals surface area contributed by atoms with Crippen LogP contribution in [-0.2, 0) is 29.2 Å². The standard InChI is InChI=1S/C21H27N3O5/c1-11-19(28-11)10-23-20(22)8-13(19)16(17(25)27-3)18-9-15(26-2)29-21(18,20)24-14-7-5-4-6-12(14)18/h4-7,11,13,15-16,23-24H,8-10,22H2,1-3H3. The van der Waals surface area contributed by atoms with Crippen molar-refractivity contribution < 1.29 is 23.7 Å². The van der Waals surface area contributed by atoms with Crippen molar-refractivity contribution in [3.8, 4) is 0 Å². The Morgan fingerprint density at radius 1 is 1.24 bits per heavy atom. The van der Waals surface area contributed by atoms with Crippen LogP contribution in [0.5, 0.6) is 0 Å². The van der Waals surface area contributed by atoms with Crippen molar-refractivity contribution >= 4 is 11.7 Å². The van der Waals surface area contributed by atoms with Gasteiger partial charge >= 0.3 is 5.97 Å². The number of carbonyl (C=O) groups excluding carboxylic acids is 1. The van der Waals surface area contributed by atoms with Gasteiger partial charge < -0.3 is 30.0 Å². The monoisotopic (exact) mass is 401 g/mol. The number of ether oxygens (including phenoxy) is 4. The first kappa shape index (κ1) is 18.1. The maximum atomic E-state index is 13.4. The number of epoxide rings is 1. The molecule has 8 unspecified atom stereocenters. The Hall–Kier alpha value is -1.71. The molecule has 4 heterocycles. The van der Waals surface area contributed by atoms with Gasteiger partial charge in [-0.05, 0) is 25.0 Å². The van der Waals surface area contributed by atoms with Crippen molar-refractivity contribution in [3.63, 3.8) is 0 Å². The fourth-order valence-electron chi connectivity index (χ4n) is 7.01. The lowest BCUT2D eigenvalue weighted by atomic mass is 9.48. The number of benzene rings is 1. The molecule has 8 nitrogen and oxygen atoms in total. The minimum atomic E-state index is -1.03. The Bertz CT molecular complexity index is 912. The normalized spacial score (nSPS) is 51.0. The van der Waals surface area contributed by atoms with Crippen LogP contribution in [0.3, 0.4) is 0 Å². The maximum Gasteiger partial charge on any atom is 0.310 e. The number of rotatable bonds is 2. The first-order valence-corrected chi connectivity index (χ1v) is 10.3. The van der Waals surface area contributed by atoms with Gasteiger partial charge in [-0.3, -0.25) is 10.1 Å². The highest BCUT2D eigenvalue weighted by Gasteiger charge is 2.84. The molecule has 4 N–H and O–H groups in total. The first-order valence-electron chi connectivity index (χ1n) is 10.3. The van der Waals surface area contributed by atoms with E-state index < -0.39 is 34.6 Å². The van der Waals surface area contributed by atoms with Crippen LogP contribution in [0.2, 0.25) is 0 Å². The molecule has 1 aromatic rings. The number of piperidine rings is 1. The summed E-state index contributed by atoms with van der Waals surface area (Å²) in [5.41, 5.74) is 5.98. The molecule has 4 fully saturated rings. The van der Waals surface area contributed by atoms with E-state index in [0.29, 0.717) is 19.4 Å². The van der Waals surface area contributed by atoms with Gasteiger partial charge in [-0.2, -0.15) is 0 Å². The predicted octanol–water partition coefficient (Wildman–Crippen LogP) is 0.664. The third-order valence-electron chi connectivity index (χ3n) is 8.30. The van der Waals surface area contributed by atoms with Gasteiger partial charge in [0, 0.05) is 31.7 Å². The zero-order chi connectivity index (χ0) is 20.2. The summed E-state index contributed by atoms with van der Waals surface area (Å²) in [6, 6.07) is 8.05. The van der Waals surface area contributed by atoms with E-state index in [0.717, 1.165) is 11.3 Å². The SMILES string of the molecule is COC(=O)C1C2CC(N)(NCC23OC3C)C23Nc4ccccc4C12CC(OC)O3. The number of carbonyl (C=O) groups is 1. The molecule has 1 spiro atoms. The number of anilines is 1. The van der Waals surface area contributed by atoms with E-state index in [1.807, 2.05) is 18.2 Å². The highest BCUT2D eigenvalue weighted by Crippen LogP contribution is 2.71. The predicted molar refractivity (Wildman–Crippen MR) is 103 cm³/mol. The number of fused-ring (bicyclic) bond motifs is 4. The van der Waals surface area contributed by atoms with Crippen molar-refractivity contribution in [1.29, 1.82) is 0 Å². The zero-order valence-corrected chi connectivity index (χ0v) is 16.9. The third kappa shape index (κ3) is 1.78. The van der Waals surface area contributed by atoms with E-state index in [9.17, 15) is 4.79 Å². The van der Waals surface area contributed by atoms with Crippen molar-refractivity contribution in [1.82, 2.24) is 5.32 Å². The smallest absolute Gasteiger partial charge is 0.310 e. The molecule has 3 saturated heterocycles. The molecule has 1 saturated carbocycles. The Balaban J connectivity index is 1.65.